The number of urea groups is 1. The lowest BCUT2D eigenvalue weighted by Gasteiger charge is -2.25. The summed E-state index contributed by atoms with van der Waals surface area (Å²) in [5.74, 6) is 1.50. The number of hydrogen-bond donors (Lipinski definition) is 1. The summed E-state index contributed by atoms with van der Waals surface area (Å²) in [7, 11) is 0. The van der Waals surface area contributed by atoms with Crippen LogP contribution in [-0.4, -0.2) is 29.8 Å². The molecule has 1 aliphatic heterocycles. The van der Waals surface area contributed by atoms with Crippen molar-refractivity contribution in [1.82, 2.24) is 4.90 Å². The van der Waals surface area contributed by atoms with Gasteiger partial charge >= 0.3 is 6.03 Å². The molecule has 2 amide bonds. The van der Waals surface area contributed by atoms with Crippen molar-refractivity contribution in [1.29, 1.82) is 0 Å². The largest absolute Gasteiger partial charge is 0.492 e. The van der Waals surface area contributed by atoms with Crippen molar-refractivity contribution in [2.75, 3.05) is 24.2 Å². The molecule has 0 bridgehead atoms. The maximum absolute atomic E-state index is 12.8. The number of benzene rings is 2. The van der Waals surface area contributed by atoms with Gasteiger partial charge in [-0.1, -0.05) is 47.5 Å². The second-order valence-corrected chi connectivity index (χ2v) is 7.39. The maximum Gasteiger partial charge on any atom is 0.323 e. The van der Waals surface area contributed by atoms with Gasteiger partial charge in [-0.15, -0.1) is 11.8 Å². The van der Waals surface area contributed by atoms with E-state index in [1.165, 1.54) is 0 Å². The molecule has 2 aromatic carbocycles. The van der Waals surface area contributed by atoms with Crippen molar-refractivity contribution in [3.05, 3.63) is 58.1 Å². The molecule has 3 rings (SSSR count). The van der Waals surface area contributed by atoms with Crippen molar-refractivity contribution in [3.63, 3.8) is 0 Å². The first kappa shape index (κ1) is 18.2. The predicted molar refractivity (Wildman–Crippen MR) is 105 cm³/mol. The van der Waals surface area contributed by atoms with Crippen molar-refractivity contribution < 1.29 is 9.53 Å². The van der Waals surface area contributed by atoms with Crippen molar-refractivity contribution >= 4 is 46.7 Å². The third kappa shape index (κ3) is 4.00. The number of para-hydroxylation sites is 2. The van der Waals surface area contributed by atoms with E-state index in [1.807, 2.05) is 43.3 Å². The molecule has 0 spiro atoms. The van der Waals surface area contributed by atoms with Crippen LogP contribution < -0.4 is 10.1 Å². The average molecular weight is 397 g/mol. The molecule has 1 aliphatic rings. The zero-order chi connectivity index (χ0) is 17.8. The topological polar surface area (TPSA) is 41.6 Å². The number of anilines is 1. The Kier molecular flexibility index (Phi) is 5.99. The van der Waals surface area contributed by atoms with Gasteiger partial charge < -0.3 is 15.0 Å². The molecule has 4 nitrogen and oxygen atoms in total. The number of carbonyl (C=O) groups excluding carboxylic acids is 1. The van der Waals surface area contributed by atoms with Gasteiger partial charge in [0.15, 0.2) is 0 Å². The first-order valence-electron chi connectivity index (χ1n) is 7.96. The Morgan fingerprint density at radius 3 is 2.88 bits per heavy atom. The fraction of sp³-hybridized carbons (Fsp3) is 0.278. The second-order valence-electron chi connectivity index (χ2n) is 5.42. The van der Waals surface area contributed by atoms with Crippen molar-refractivity contribution in [3.8, 4) is 5.75 Å². The summed E-state index contributed by atoms with van der Waals surface area (Å²) >= 11 is 14.1. The van der Waals surface area contributed by atoms with E-state index in [-0.39, 0.29) is 11.4 Å². The van der Waals surface area contributed by atoms with Crippen LogP contribution in [0, 0.1) is 0 Å². The molecular weight excluding hydrogens is 379 g/mol. The molecule has 0 aromatic heterocycles. The molecule has 1 fully saturated rings. The predicted octanol–water partition coefficient (Wildman–Crippen LogP) is 5.67. The smallest absolute Gasteiger partial charge is 0.323 e. The minimum atomic E-state index is -0.182. The van der Waals surface area contributed by atoms with Gasteiger partial charge in [0.2, 0.25) is 0 Å². The number of thioether (sulfide) groups is 1. The third-order valence-corrected chi connectivity index (χ3v) is 5.90. The summed E-state index contributed by atoms with van der Waals surface area (Å²) in [6.45, 7) is 3.08. The highest BCUT2D eigenvalue weighted by Gasteiger charge is 2.32. The van der Waals surface area contributed by atoms with Gasteiger partial charge in [0, 0.05) is 17.9 Å². The van der Waals surface area contributed by atoms with E-state index < -0.39 is 0 Å². The van der Waals surface area contributed by atoms with Gasteiger partial charge in [0.25, 0.3) is 0 Å². The first-order valence-corrected chi connectivity index (χ1v) is 9.77. The molecule has 1 unspecified atom stereocenters. The van der Waals surface area contributed by atoms with E-state index in [1.54, 1.807) is 22.7 Å². The Hall–Kier alpha value is -1.56. The number of rotatable bonds is 4. The first-order chi connectivity index (χ1) is 12.1. The standard InChI is InChI=1S/C18H18Cl2N2O2S/c1-2-24-15-9-4-3-8-14(15)21-18(23)22-10-11-25-17(22)12-6-5-7-13(19)16(12)20/h3-9,17H,2,10-11H2,1H3,(H,21,23). The second kappa shape index (κ2) is 8.21. The van der Waals surface area contributed by atoms with Crippen LogP contribution in [0.1, 0.15) is 17.9 Å². The van der Waals surface area contributed by atoms with Crippen LogP contribution in [0.3, 0.4) is 0 Å². The molecular formula is C18H18Cl2N2O2S. The monoisotopic (exact) mass is 396 g/mol. The summed E-state index contributed by atoms with van der Waals surface area (Å²) in [5, 5.41) is 3.77. The number of ether oxygens (including phenoxy) is 1. The lowest BCUT2D eigenvalue weighted by atomic mass is 10.2. The normalized spacial score (nSPS) is 16.8. The summed E-state index contributed by atoms with van der Waals surface area (Å²) in [6.07, 6.45) is 0. The molecule has 1 atom stereocenters. The van der Waals surface area contributed by atoms with Gasteiger partial charge in [0.1, 0.15) is 11.1 Å². The number of hydrogen-bond acceptors (Lipinski definition) is 3. The van der Waals surface area contributed by atoms with Crippen LogP contribution in [0.5, 0.6) is 5.75 Å². The quantitative estimate of drug-likeness (QED) is 0.723. The Balaban J connectivity index is 1.81. The summed E-state index contributed by atoms with van der Waals surface area (Å²) in [6, 6.07) is 12.7. The minimum absolute atomic E-state index is 0.162. The molecule has 0 saturated carbocycles. The van der Waals surface area contributed by atoms with Gasteiger partial charge in [0.05, 0.1) is 22.3 Å². The van der Waals surface area contributed by atoms with Crippen molar-refractivity contribution in [2.24, 2.45) is 0 Å². The SMILES string of the molecule is CCOc1ccccc1NC(=O)N1CCSC1c1cccc(Cl)c1Cl. The lowest BCUT2D eigenvalue weighted by Crippen LogP contribution is -2.34. The molecule has 1 saturated heterocycles. The summed E-state index contributed by atoms with van der Waals surface area (Å²) in [5.41, 5.74) is 1.51. The average Bonchev–Trinajstić information content (AvgIpc) is 3.09. The Labute approximate surface area is 161 Å². The van der Waals surface area contributed by atoms with Crippen LogP contribution in [-0.2, 0) is 0 Å². The minimum Gasteiger partial charge on any atom is -0.492 e. The van der Waals surface area contributed by atoms with Crippen LogP contribution in [0.25, 0.3) is 0 Å². The molecule has 25 heavy (non-hydrogen) atoms. The van der Waals surface area contributed by atoms with E-state index in [4.69, 9.17) is 27.9 Å². The van der Waals surface area contributed by atoms with Gasteiger partial charge in [-0.2, -0.15) is 0 Å². The van der Waals surface area contributed by atoms with E-state index in [0.29, 0.717) is 34.6 Å². The van der Waals surface area contributed by atoms with E-state index in [0.717, 1.165) is 11.3 Å². The number of amides is 2. The Morgan fingerprint density at radius 2 is 2.08 bits per heavy atom. The van der Waals surface area contributed by atoms with Gasteiger partial charge in [-0.25, -0.2) is 4.79 Å². The molecule has 1 heterocycles. The highest BCUT2D eigenvalue weighted by molar-refractivity contribution is 7.99. The number of nitrogens with zero attached hydrogens (tertiary/aromatic N) is 1. The zero-order valence-electron chi connectivity index (χ0n) is 13.7. The fourth-order valence-corrected chi connectivity index (χ4v) is 4.44. The fourth-order valence-electron chi connectivity index (χ4n) is 2.69. The summed E-state index contributed by atoms with van der Waals surface area (Å²) in [4.78, 5) is 14.6. The molecule has 0 aliphatic carbocycles. The molecule has 7 heteroatoms. The highest BCUT2D eigenvalue weighted by Crippen LogP contribution is 2.43. The lowest BCUT2D eigenvalue weighted by molar-refractivity contribution is 0.214. The molecule has 132 valence electrons. The van der Waals surface area contributed by atoms with Gasteiger partial charge in [-0.05, 0) is 25.1 Å². The molecule has 1 N–H and O–H groups in total. The van der Waals surface area contributed by atoms with Crippen LogP contribution in [0.2, 0.25) is 10.0 Å². The number of carbonyl (C=O) groups is 1. The molecule has 0 radical (unpaired) electrons. The van der Waals surface area contributed by atoms with Gasteiger partial charge in [-0.3, -0.25) is 0 Å². The maximum atomic E-state index is 12.8. The van der Waals surface area contributed by atoms with E-state index >= 15 is 0 Å². The Bertz CT molecular complexity index is 772. The number of nitrogens with one attached hydrogen (secondary N) is 1. The number of halogens is 2. The van der Waals surface area contributed by atoms with Crippen LogP contribution in [0.15, 0.2) is 42.5 Å². The van der Waals surface area contributed by atoms with Crippen LogP contribution in [0.4, 0.5) is 10.5 Å². The third-order valence-electron chi connectivity index (χ3n) is 3.83. The highest BCUT2D eigenvalue weighted by atomic mass is 35.5. The van der Waals surface area contributed by atoms with Crippen LogP contribution >= 0.6 is 35.0 Å². The van der Waals surface area contributed by atoms with Crippen molar-refractivity contribution in [2.45, 2.75) is 12.3 Å². The summed E-state index contributed by atoms with van der Waals surface area (Å²) < 4.78 is 5.57. The zero-order valence-corrected chi connectivity index (χ0v) is 16.0. The van der Waals surface area contributed by atoms with E-state index in [9.17, 15) is 4.79 Å². The van der Waals surface area contributed by atoms with E-state index in [2.05, 4.69) is 5.32 Å². The molecule has 2 aromatic rings. The Morgan fingerprint density at radius 1 is 1.28 bits per heavy atom.